The zero-order valence-electron chi connectivity index (χ0n) is 18.5. The third-order valence-corrected chi connectivity index (χ3v) is 7.00. The van der Waals surface area contributed by atoms with Gasteiger partial charge in [-0.25, -0.2) is 8.42 Å². The van der Waals surface area contributed by atoms with Gasteiger partial charge in [0.15, 0.2) is 0 Å². The van der Waals surface area contributed by atoms with Crippen LogP contribution in [0.2, 0.25) is 0 Å². The number of methoxy groups -OCH3 is 1. The number of benzene rings is 3. The Morgan fingerprint density at radius 2 is 1.70 bits per heavy atom. The summed E-state index contributed by atoms with van der Waals surface area (Å²) >= 11 is 0. The van der Waals surface area contributed by atoms with Crippen LogP contribution in [0.3, 0.4) is 0 Å². The Kier molecular flexibility index (Phi) is 6.84. The first-order chi connectivity index (χ1) is 16.0. The van der Waals surface area contributed by atoms with E-state index in [1.165, 1.54) is 32.1 Å². The first-order valence-corrected chi connectivity index (χ1v) is 12.3. The fourth-order valence-corrected chi connectivity index (χ4v) is 5.06. The first kappa shape index (κ1) is 22.7. The number of ether oxygens (including phenoxy) is 1. The fraction of sp³-hybridized carbons (Fsp3) is 0.240. The molecule has 0 unspecified atom stereocenters. The molecule has 0 saturated carbocycles. The highest BCUT2D eigenvalue weighted by Gasteiger charge is 2.19. The Hall–Kier alpha value is -3.52. The molecular formula is C25H27N3O4S. The lowest BCUT2D eigenvalue weighted by atomic mass is 10.1. The fourth-order valence-electron chi connectivity index (χ4n) is 3.94. The molecule has 33 heavy (non-hydrogen) atoms. The number of nitrogens with one attached hydrogen (secondary N) is 2. The maximum atomic E-state index is 12.9. The number of nitrogens with zero attached hydrogens (tertiary/aromatic N) is 1. The van der Waals surface area contributed by atoms with Crippen molar-refractivity contribution in [3.05, 3.63) is 83.9 Å². The smallest absolute Gasteiger partial charge is 0.262 e. The lowest BCUT2D eigenvalue weighted by Gasteiger charge is -2.21. The summed E-state index contributed by atoms with van der Waals surface area (Å²) in [6.45, 7) is 2.40. The predicted octanol–water partition coefficient (Wildman–Crippen LogP) is 4.03. The second-order valence-electron chi connectivity index (χ2n) is 7.84. The van der Waals surface area contributed by atoms with Gasteiger partial charge in [-0.2, -0.15) is 0 Å². The molecule has 1 fully saturated rings. The first-order valence-electron chi connectivity index (χ1n) is 10.8. The van der Waals surface area contributed by atoms with Gasteiger partial charge in [0, 0.05) is 30.9 Å². The molecule has 7 nitrogen and oxygen atoms in total. The van der Waals surface area contributed by atoms with E-state index in [1.54, 1.807) is 36.4 Å². The van der Waals surface area contributed by atoms with Crippen molar-refractivity contribution in [2.75, 3.05) is 29.8 Å². The summed E-state index contributed by atoms with van der Waals surface area (Å²) in [6.07, 6.45) is 2.34. The summed E-state index contributed by atoms with van der Waals surface area (Å²) < 4.78 is 33.6. The molecule has 8 heteroatoms. The zero-order chi connectivity index (χ0) is 23.3. The van der Waals surface area contributed by atoms with Gasteiger partial charge in [-0.3, -0.25) is 9.52 Å². The van der Waals surface area contributed by atoms with E-state index in [1.807, 2.05) is 18.2 Å². The second-order valence-corrected chi connectivity index (χ2v) is 9.52. The van der Waals surface area contributed by atoms with Crippen LogP contribution in [0, 0.1) is 0 Å². The van der Waals surface area contributed by atoms with E-state index >= 15 is 0 Å². The van der Waals surface area contributed by atoms with Crippen LogP contribution >= 0.6 is 0 Å². The zero-order valence-corrected chi connectivity index (χ0v) is 19.3. The van der Waals surface area contributed by atoms with Crippen LogP contribution in [-0.4, -0.2) is 34.5 Å². The van der Waals surface area contributed by atoms with Crippen LogP contribution in [-0.2, 0) is 16.6 Å². The molecule has 172 valence electrons. The summed E-state index contributed by atoms with van der Waals surface area (Å²) in [6, 6.07) is 20.8. The quantitative estimate of drug-likeness (QED) is 0.525. The van der Waals surface area contributed by atoms with Crippen LogP contribution in [0.5, 0.6) is 5.75 Å². The number of para-hydroxylation sites is 3. The Balaban J connectivity index is 1.48. The maximum Gasteiger partial charge on any atom is 0.262 e. The molecule has 1 aliphatic rings. The highest BCUT2D eigenvalue weighted by molar-refractivity contribution is 7.92. The molecule has 1 aliphatic heterocycles. The van der Waals surface area contributed by atoms with Crippen molar-refractivity contribution in [2.45, 2.75) is 24.3 Å². The van der Waals surface area contributed by atoms with Gasteiger partial charge in [0.25, 0.3) is 15.9 Å². The molecule has 0 bridgehead atoms. The second kappa shape index (κ2) is 9.95. The number of carbonyl (C=O) groups is 1. The van der Waals surface area contributed by atoms with E-state index in [4.69, 9.17) is 4.74 Å². The van der Waals surface area contributed by atoms with E-state index < -0.39 is 10.0 Å². The Labute approximate surface area is 194 Å². The molecule has 2 N–H and O–H groups in total. The van der Waals surface area contributed by atoms with E-state index in [0.29, 0.717) is 18.0 Å². The minimum Gasteiger partial charge on any atom is -0.495 e. The summed E-state index contributed by atoms with van der Waals surface area (Å²) in [5.74, 6) is 0.0761. The SMILES string of the molecule is COc1ccccc1NS(=O)(=O)c1cccc(C(=O)NCc2ccccc2N2CCCC2)c1. The minimum atomic E-state index is -3.90. The standard InChI is InChI=1S/C25H27N3O4S/c1-32-24-14-5-3-12-22(24)27-33(30,31)21-11-8-10-19(17-21)25(29)26-18-20-9-2-4-13-23(20)28-15-6-7-16-28/h2-5,8-14,17,27H,6-7,15-16,18H2,1H3,(H,26,29). The highest BCUT2D eigenvalue weighted by atomic mass is 32.2. The Bertz CT molecular complexity index is 1240. The lowest BCUT2D eigenvalue weighted by molar-refractivity contribution is 0.0950. The number of rotatable bonds is 8. The number of sulfonamides is 1. The molecule has 0 atom stereocenters. The molecule has 0 aromatic heterocycles. The maximum absolute atomic E-state index is 12.9. The Morgan fingerprint density at radius 3 is 2.48 bits per heavy atom. The minimum absolute atomic E-state index is 0.00137. The van der Waals surface area contributed by atoms with Crippen LogP contribution < -0.4 is 19.7 Å². The van der Waals surface area contributed by atoms with Gasteiger partial charge in [0.05, 0.1) is 17.7 Å². The molecule has 1 amide bonds. The van der Waals surface area contributed by atoms with Crippen molar-refractivity contribution >= 4 is 27.3 Å². The van der Waals surface area contributed by atoms with Gasteiger partial charge >= 0.3 is 0 Å². The summed E-state index contributed by atoms with van der Waals surface area (Å²) in [4.78, 5) is 15.2. The Morgan fingerprint density at radius 1 is 0.970 bits per heavy atom. The van der Waals surface area contributed by atoms with Gasteiger partial charge in [0.1, 0.15) is 5.75 Å². The third kappa shape index (κ3) is 5.28. The van der Waals surface area contributed by atoms with Crippen molar-refractivity contribution < 1.29 is 17.9 Å². The van der Waals surface area contributed by atoms with Crippen LogP contribution in [0.4, 0.5) is 11.4 Å². The highest BCUT2D eigenvalue weighted by Crippen LogP contribution is 2.27. The molecule has 0 aliphatic carbocycles. The normalized spacial score (nSPS) is 13.5. The average molecular weight is 466 g/mol. The van der Waals surface area contributed by atoms with Crippen LogP contribution in [0.25, 0.3) is 0 Å². The average Bonchev–Trinajstić information content (AvgIpc) is 3.38. The van der Waals surface area contributed by atoms with Crippen molar-refractivity contribution in [1.82, 2.24) is 5.32 Å². The van der Waals surface area contributed by atoms with Crippen molar-refractivity contribution in [3.63, 3.8) is 0 Å². The lowest BCUT2D eigenvalue weighted by Crippen LogP contribution is -2.26. The summed E-state index contributed by atoms with van der Waals surface area (Å²) in [5.41, 5.74) is 2.77. The molecule has 0 spiro atoms. The van der Waals surface area contributed by atoms with Crippen LogP contribution in [0.1, 0.15) is 28.8 Å². The number of amides is 1. The van der Waals surface area contributed by atoms with E-state index in [-0.39, 0.29) is 16.4 Å². The molecule has 1 saturated heterocycles. The van der Waals surface area contributed by atoms with Gasteiger partial charge in [-0.05, 0) is 54.8 Å². The topological polar surface area (TPSA) is 87.7 Å². The van der Waals surface area contributed by atoms with Crippen molar-refractivity contribution in [3.8, 4) is 5.75 Å². The molecular weight excluding hydrogens is 438 g/mol. The van der Waals surface area contributed by atoms with E-state index in [2.05, 4.69) is 21.0 Å². The van der Waals surface area contributed by atoms with Gasteiger partial charge in [-0.1, -0.05) is 36.4 Å². The number of hydrogen-bond acceptors (Lipinski definition) is 5. The summed E-state index contributed by atoms with van der Waals surface area (Å²) in [5, 5.41) is 2.92. The number of anilines is 2. The van der Waals surface area contributed by atoms with E-state index in [9.17, 15) is 13.2 Å². The predicted molar refractivity (Wildman–Crippen MR) is 129 cm³/mol. The van der Waals surface area contributed by atoms with Gasteiger partial charge in [-0.15, -0.1) is 0 Å². The molecule has 1 heterocycles. The van der Waals surface area contributed by atoms with Gasteiger partial charge in [0.2, 0.25) is 0 Å². The van der Waals surface area contributed by atoms with Crippen LogP contribution in [0.15, 0.2) is 77.7 Å². The largest absolute Gasteiger partial charge is 0.495 e. The number of hydrogen-bond donors (Lipinski definition) is 2. The molecule has 3 aromatic rings. The van der Waals surface area contributed by atoms with E-state index in [0.717, 1.165) is 24.3 Å². The molecule has 3 aromatic carbocycles. The summed E-state index contributed by atoms with van der Waals surface area (Å²) in [7, 11) is -2.43. The van der Waals surface area contributed by atoms with Crippen molar-refractivity contribution in [1.29, 1.82) is 0 Å². The third-order valence-electron chi connectivity index (χ3n) is 5.64. The molecule has 4 rings (SSSR count). The molecule has 0 radical (unpaired) electrons. The van der Waals surface area contributed by atoms with Gasteiger partial charge < -0.3 is 15.0 Å². The number of carbonyl (C=O) groups excluding carboxylic acids is 1. The monoisotopic (exact) mass is 465 g/mol. The van der Waals surface area contributed by atoms with Crippen molar-refractivity contribution in [2.24, 2.45) is 0 Å².